The second-order valence-corrected chi connectivity index (χ2v) is 8.93. The third-order valence-electron chi connectivity index (χ3n) is 6.01. The zero-order valence-electron chi connectivity index (χ0n) is 19.4. The topological polar surface area (TPSA) is 111 Å². The summed E-state index contributed by atoms with van der Waals surface area (Å²) in [6.07, 6.45) is 11.0. The number of anilines is 1. The zero-order valence-corrected chi connectivity index (χ0v) is 19.4. The Bertz CT molecular complexity index is 1310. The molecule has 0 amide bonds. The van der Waals surface area contributed by atoms with E-state index in [1.54, 1.807) is 35.7 Å². The van der Waals surface area contributed by atoms with Gasteiger partial charge in [-0.25, -0.2) is 9.97 Å². The predicted octanol–water partition coefficient (Wildman–Crippen LogP) is 3.45. The summed E-state index contributed by atoms with van der Waals surface area (Å²) < 4.78 is 1.78. The molecule has 5 rings (SSSR count). The molecule has 0 atom stereocenters. The average molecular weight is 457 g/mol. The van der Waals surface area contributed by atoms with Gasteiger partial charge in [0.25, 0.3) is 0 Å². The summed E-state index contributed by atoms with van der Waals surface area (Å²) in [6, 6.07) is 6.37. The molecule has 9 nitrogen and oxygen atoms in total. The molecule has 4 aromatic rings. The van der Waals surface area contributed by atoms with Crippen LogP contribution in [0.1, 0.15) is 48.8 Å². The lowest BCUT2D eigenvalue weighted by Gasteiger charge is -2.24. The fourth-order valence-corrected chi connectivity index (χ4v) is 4.06. The molecule has 34 heavy (non-hydrogen) atoms. The molecule has 9 heteroatoms. The molecule has 0 unspecified atom stereocenters. The van der Waals surface area contributed by atoms with Crippen molar-refractivity contribution in [1.29, 1.82) is 0 Å². The standard InChI is InChI=1S/C25H28N8O/c1-16(2)33-15-18(12-29-33)24(34)10-20-9-22-17(11-28-20)3-4-21(31-22)23-13-27-14-25(32-23)30-19-5-7-26-8-6-19/h3-4,9,11-16,19,26H,5-8,10H2,1-2H3,(H,30,32). The number of ketones is 1. The van der Waals surface area contributed by atoms with Crippen molar-refractivity contribution in [3.8, 4) is 11.4 Å². The third-order valence-corrected chi connectivity index (χ3v) is 6.01. The van der Waals surface area contributed by atoms with Gasteiger partial charge in [-0.3, -0.25) is 19.4 Å². The summed E-state index contributed by atoms with van der Waals surface area (Å²) in [5.41, 5.74) is 3.47. The van der Waals surface area contributed by atoms with Crippen LogP contribution in [-0.2, 0) is 6.42 Å². The number of nitrogens with one attached hydrogen (secondary N) is 2. The van der Waals surface area contributed by atoms with E-state index in [0.717, 1.165) is 48.3 Å². The summed E-state index contributed by atoms with van der Waals surface area (Å²) in [7, 11) is 0. The molecule has 1 aliphatic heterocycles. The smallest absolute Gasteiger partial charge is 0.171 e. The zero-order chi connectivity index (χ0) is 23.5. The summed E-state index contributed by atoms with van der Waals surface area (Å²) in [4.78, 5) is 31.1. The fraction of sp³-hybridized carbons (Fsp3) is 0.360. The Hall–Kier alpha value is -3.72. The molecule has 1 aliphatic rings. The van der Waals surface area contributed by atoms with Crippen molar-refractivity contribution in [3.63, 3.8) is 0 Å². The molecule has 4 aromatic heterocycles. The van der Waals surface area contributed by atoms with Crippen LogP contribution in [0.15, 0.2) is 49.2 Å². The van der Waals surface area contributed by atoms with Crippen LogP contribution >= 0.6 is 0 Å². The SMILES string of the molecule is CC(C)n1cc(C(=O)Cc2cc3nc(-c4cncc(NC5CCNCC5)n4)ccc3cn2)cn1. The Morgan fingerprint density at radius 2 is 1.97 bits per heavy atom. The minimum Gasteiger partial charge on any atom is -0.366 e. The highest BCUT2D eigenvalue weighted by Crippen LogP contribution is 2.21. The lowest BCUT2D eigenvalue weighted by molar-refractivity contribution is 0.0992. The quantitative estimate of drug-likeness (QED) is 0.407. The minimum atomic E-state index is -0.0162. The van der Waals surface area contributed by atoms with Gasteiger partial charge in [0.2, 0.25) is 0 Å². The highest BCUT2D eigenvalue weighted by Gasteiger charge is 2.15. The molecule has 0 aliphatic carbocycles. The van der Waals surface area contributed by atoms with Crippen LogP contribution in [0.4, 0.5) is 5.82 Å². The van der Waals surface area contributed by atoms with Crippen LogP contribution < -0.4 is 10.6 Å². The van der Waals surface area contributed by atoms with Crippen LogP contribution in [0.5, 0.6) is 0 Å². The van der Waals surface area contributed by atoms with Gasteiger partial charge in [-0.2, -0.15) is 5.10 Å². The van der Waals surface area contributed by atoms with E-state index in [1.807, 2.05) is 32.0 Å². The van der Waals surface area contributed by atoms with Gasteiger partial charge in [-0.1, -0.05) is 0 Å². The van der Waals surface area contributed by atoms with Crippen molar-refractivity contribution in [3.05, 3.63) is 60.4 Å². The normalized spacial score (nSPS) is 14.6. The van der Waals surface area contributed by atoms with Crippen LogP contribution in [-0.4, -0.2) is 54.6 Å². The molecule has 2 N–H and O–H groups in total. The molecular formula is C25H28N8O. The van der Waals surface area contributed by atoms with Crippen LogP contribution in [0.25, 0.3) is 22.3 Å². The Labute approximate surface area is 198 Å². The number of aromatic nitrogens is 6. The first-order chi connectivity index (χ1) is 16.5. The number of fused-ring (bicyclic) bond motifs is 1. The Morgan fingerprint density at radius 3 is 2.76 bits per heavy atom. The molecule has 0 spiro atoms. The molecule has 1 fully saturated rings. The first-order valence-electron chi connectivity index (χ1n) is 11.7. The number of hydrogen-bond donors (Lipinski definition) is 2. The number of hydrogen-bond acceptors (Lipinski definition) is 8. The Kier molecular flexibility index (Phi) is 6.27. The van der Waals surface area contributed by atoms with Crippen molar-refractivity contribution >= 4 is 22.5 Å². The van der Waals surface area contributed by atoms with Gasteiger partial charge in [-0.15, -0.1) is 0 Å². The van der Waals surface area contributed by atoms with E-state index in [0.29, 0.717) is 23.0 Å². The van der Waals surface area contributed by atoms with Gasteiger partial charge in [0.15, 0.2) is 5.78 Å². The maximum atomic E-state index is 12.7. The van der Waals surface area contributed by atoms with Gasteiger partial charge in [0.1, 0.15) is 11.5 Å². The number of nitrogens with zero attached hydrogens (tertiary/aromatic N) is 6. The fourth-order valence-electron chi connectivity index (χ4n) is 4.06. The first-order valence-corrected chi connectivity index (χ1v) is 11.7. The highest BCUT2D eigenvalue weighted by atomic mass is 16.1. The summed E-state index contributed by atoms with van der Waals surface area (Å²) >= 11 is 0. The van der Waals surface area contributed by atoms with Crippen molar-refractivity contribution in [1.82, 2.24) is 35.0 Å². The molecule has 0 bridgehead atoms. The number of piperidine rings is 1. The second-order valence-electron chi connectivity index (χ2n) is 8.93. The van der Waals surface area contributed by atoms with Crippen LogP contribution in [0, 0.1) is 0 Å². The Morgan fingerprint density at radius 1 is 1.12 bits per heavy atom. The molecule has 0 saturated carbocycles. The van der Waals surface area contributed by atoms with Crippen LogP contribution in [0.2, 0.25) is 0 Å². The molecule has 1 saturated heterocycles. The first kappa shape index (κ1) is 22.1. The number of Topliss-reactive ketones (excluding diaryl/α,β-unsaturated/α-hetero) is 1. The molecule has 0 radical (unpaired) electrons. The molecular weight excluding hydrogens is 428 g/mol. The molecule has 0 aromatic carbocycles. The van der Waals surface area contributed by atoms with E-state index in [2.05, 4.69) is 25.7 Å². The summed E-state index contributed by atoms with van der Waals surface area (Å²) in [5, 5.41) is 12.0. The van der Waals surface area contributed by atoms with E-state index in [1.165, 1.54) is 0 Å². The highest BCUT2D eigenvalue weighted by molar-refractivity contribution is 5.97. The van der Waals surface area contributed by atoms with Gasteiger partial charge in [0, 0.05) is 29.9 Å². The van der Waals surface area contributed by atoms with Crippen molar-refractivity contribution in [2.75, 3.05) is 18.4 Å². The lowest BCUT2D eigenvalue weighted by Crippen LogP contribution is -2.35. The largest absolute Gasteiger partial charge is 0.366 e. The maximum absolute atomic E-state index is 12.7. The molecule has 5 heterocycles. The van der Waals surface area contributed by atoms with E-state index >= 15 is 0 Å². The summed E-state index contributed by atoms with van der Waals surface area (Å²) in [5.74, 6) is 0.742. The maximum Gasteiger partial charge on any atom is 0.171 e. The summed E-state index contributed by atoms with van der Waals surface area (Å²) in [6.45, 7) is 6.07. The van der Waals surface area contributed by atoms with E-state index in [-0.39, 0.29) is 18.2 Å². The third kappa shape index (κ3) is 4.94. The van der Waals surface area contributed by atoms with Gasteiger partial charge < -0.3 is 10.6 Å². The van der Waals surface area contributed by atoms with Crippen molar-refractivity contribution < 1.29 is 4.79 Å². The number of carbonyl (C=O) groups is 1. The predicted molar refractivity (Wildman–Crippen MR) is 131 cm³/mol. The van der Waals surface area contributed by atoms with E-state index < -0.39 is 0 Å². The number of rotatable bonds is 7. The van der Waals surface area contributed by atoms with Gasteiger partial charge in [-0.05, 0) is 58.0 Å². The minimum absolute atomic E-state index is 0.0162. The van der Waals surface area contributed by atoms with E-state index in [9.17, 15) is 4.79 Å². The lowest BCUT2D eigenvalue weighted by atomic mass is 10.1. The van der Waals surface area contributed by atoms with E-state index in [4.69, 9.17) is 9.97 Å². The second kappa shape index (κ2) is 9.64. The van der Waals surface area contributed by atoms with Gasteiger partial charge >= 0.3 is 0 Å². The average Bonchev–Trinajstić information content (AvgIpc) is 3.36. The number of pyridine rings is 2. The number of carbonyl (C=O) groups excluding carboxylic acids is 1. The monoisotopic (exact) mass is 456 g/mol. The van der Waals surface area contributed by atoms with Crippen molar-refractivity contribution in [2.45, 2.75) is 45.2 Å². The molecule has 174 valence electrons. The van der Waals surface area contributed by atoms with Crippen molar-refractivity contribution in [2.24, 2.45) is 0 Å². The van der Waals surface area contributed by atoms with Crippen LogP contribution in [0.3, 0.4) is 0 Å². The van der Waals surface area contributed by atoms with Gasteiger partial charge in [0.05, 0.1) is 47.5 Å². The Balaban J connectivity index is 1.35.